The molecule has 0 N–H and O–H groups in total. The number of hydrogen-bond donors (Lipinski definition) is 0. The van der Waals surface area contributed by atoms with Gasteiger partial charge in [-0.05, 0) is 18.2 Å². The van der Waals surface area contributed by atoms with Crippen LogP contribution in [0, 0.1) is 20.2 Å². The number of rotatable bonds is 4. The van der Waals surface area contributed by atoms with E-state index >= 15 is 0 Å². The van der Waals surface area contributed by atoms with E-state index in [1.165, 1.54) is 0 Å². The molecule has 2 aromatic rings. The lowest BCUT2D eigenvalue weighted by atomic mass is 10.1. The quantitative estimate of drug-likeness (QED) is 0.395. The van der Waals surface area contributed by atoms with Gasteiger partial charge in [0.15, 0.2) is 0 Å². The number of non-ortho nitro benzene ring substituents is 2. The van der Waals surface area contributed by atoms with Crippen molar-refractivity contribution in [3.05, 3.63) is 67.8 Å². The average Bonchev–Trinajstić information content (AvgIpc) is 2.52. The zero-order valence-corrected chi connectivity index (χ0v) is 12.7. The zero-order valence-electron chi connectivity index (χ0n) is 12.7. The highest BCUT2D eigenvalue weighted by Crippen LogP contribution is 2.42. The van der Waals surface area contributed by atoms with Crippen molar-refractivity contribution in [1.29, 1.82) is 0 Å². The maximum Gasteiger partial charge on any atom is 0.420 e. The van der Waals surface area contributed by atoms with Crippen LogP contribution < -0.4 is 4.74 Å². The molecule has 144 valence electrons. The molecule has 0 heterocycles. The number of nitrogens with zero attached hydrogens (tertiary/aromatic N) is 2. The summed E-state index contributed by atoms with van der Waals surface area (Å²) in [5.41, 5.74) is -5.09. The van der Waals surface area contributed by atoms with E-state index in [0.29, 0.717) is 30.3 Å². The second-order valence-electron chi connectivity index (χ2n) is 5.01. The molecule has 0 saturated heterocycles. The molecule has 0 radical (unpaired) electrons. The van der Waals surface area contributed by atoms with Crippen LogP contribution in [0.2, 0.25) is 0 Å². The molecule has 0 unspecified atom stereocenters. The van der Waals surface area contributed by atoms with Crippen LogP contribution in [0.1, 0.15) is 11.1 Å². The molecule has 0 bridgehead atoms. The predicted molar refractivity (Wildman–Crippen MR) is 76.3 cm³/mol. The maximum atomic E-state index is 13.1. The van der Waals surface area contributed by atoms with E-state index in [1.807, 2.05) is 0 Å². The van der Waals surface area contributed by atoms with Gasteiger partial charge in [-0.15, -0.1) is 0 Å². The van der Waals surface area contributed by atoms with Crippen LogP contribution in [0.15, 0.2) is 36.4 Å². The molecular formula is C14H6F6N2O5. The Morgan fingerprint density at radius 1 is 0.778 bits per heavy atom. The molecule has 0 aromatic heterocycles. The molecule has 0 aliphatic rings. The van der Waals surface area contributed by atoms with Crippen LogP contribution in [-0.2, 0) is 12.4 Å². The van der Waals surface area contributed by atoms with Crippen molar-refractivity contribution in [2.24, 2.45) is 0 Å². The number of nitro groups is 2. The third kappa shape index (κ3) is 4.62. The normalized spacial score (nSPS) is 11.9. The van der Waals surface area contributed by atoms with Crippen molar-refractivity contribution in [2.45, 2.75) is 12.4 Å². The van der Waals surface area contributed by atoms with Crippen LogP contribution in [0.5, 0.6) is 11.5 Å². The van der Waals surface area contributed by atoms with Crippen LogP contribution >= 0.6 is 0 Å². The molecule has 7 nitrogen and oxygen atoms in total. The number of benzene rings is 2. The Bertz CT molecular complexity index is 878. The topological polar surface area (TPSA) is 95.5 Å². The number of hydrogen-bond acceptors (Lipinski definition) is 5. The summed E-state index contributed by atoms with van der Waals surface area (Å²) in [5, 5.41) is 21.6. The Hall–Kier alpha value is -3.38. The summed E-state index contributed by atoms with van der Waals surface area (Å²) in [7, 11) is 0. The first-order valence-electron chi connectivity index (χ1n) is 6.69. The number of alkyl halides is 6. The first-order valence-corrected chi connectivity index (χ1v) is 6.69. The fourth-order valence-corrected chi connectivity index (χ4v) is 1.98. The Labute approximate surface area is 145 Å². The summed E-state index contributed by atoms with van der Waals surface area (Å²) >= 11 is 0. The standard InChI is InChI=1S/C14H6F6N2O5/c15-13(16,17)7-1-2-12(11(3-7)14(18,19)20)27-10-5-8(21(23)24)4-9(6-10)22(25)26/h1-6H. The van der Waals surface area contributed by atoms with Crippen LogP contribution in [0.4, 0.5) is 37.7 Å². The fourth-order valence-electron chi connectivity index (χ4n) is 1.98. The van der Waals surface area contributed by atoms with Gasteiger partial charge in [-0.25, -0.2) is 0 Å². The Morgan fingerprint density at radius 3 is 1.70 bits per heavy atom. The van der Waals surface area contributed by atoms with Crippen LogP contribution in [0.3, 0.4) is 0 Å². The smallest absolute Gasteiger partial charge is 0.420 e. The van der Waals surface area contributed by atoms with Gasteiger partial charge >= 0.3 is 12.4 Å². The molecule has 0 saturated carbocycles. The van der Waals surface area contributed by atoms with Crippen molar-refractivity contribution in [1.82, 2.24) is 0 Å². The van der Waals surface area contributed by atoms with Crippen molar-refractivity contribution in [2.75, 3.05) is 0 Å². The van der Waals surface area contributed by atoms with Gasteiger partial charge in [0.05, 0.1) is 39.2 Å². The fraction of sp³-hybridized carbons (Fsp3) is 0.143. The van der Waals surface area contributed by atoms with E-state index in [-0.39, 0.29) is 6.07 Å². The second-order valence-corrected chi connectivity index (χ2v) is 5.01. The maximum absolute atomic E-state index is 13.1. The third-order valence-electron chi connectivity index (χ3n) is 3.14. The van der Waals surface area contributed by atoms with Crippen LogP contribution in [0.25, 0.3) is 0 Å². The van der Waals surface area contributed by atoms with E-state index in [2.05, 4.69) is 0 Å². The molecule has 0 atom stereocenters. The minimum atomic E-state index is -5.25. The Balaban J connectivity index is 2.57. The summed E-state index contributed by atoms with van der Waals surface area (Å²) in [6.45, 7) is 0. The first-order chi connectivity index (χ1) is 12.3. The molecule has 0 fully saturated rings. The van der Waals surface area contributed by atoms with Gasteiger partial charge in [0.25, 0.3) is 11.4 Å². The third-order valence-corrected chi connectivity index (χ3v) is 3.14. The minimum Gasteiger partial charge on any atom is -0.456 e. The number of halogens is 6. The Kier molecular flexibility index (Phi) is 4.97. The average molecular weight is 396 g/mol. The molecule has 13 heteroatoms. The summed E-state index contributed by atoms with van der Waals surface area (Å²) in [5.74, 6) is -1.83. The number of ether oxygens (including phenoxy) is 1. The van der Waals surface area contributed by atoms with Gasteiger partial charge in [-0.1, -0.05) is 0 Å². The van der Waals surface area contributed by atoms with Crippen molar-refractivity contribution in [3.63, 3.8) is 0 Å². The molecule has 0 amide bonds. The monoisotopic (exact) mass is 396 g/mol. The highest BCUT2D eigenvalue weighted by atomic mass is 19.4. The van der Waals surface area contributed by atoms with Gasteiger partial charge < -0.3 is 4.74 Å². The van der Waals surface area contributed by atoms with Crippen molar-refractivity contribution in [3.8, 4) is 11.5 Å². The molecule has 0 spiro atoms. The van der Waals surface area contributed by atoms with Crippen LogP contribution in [-0.4, -0.2) is 9.85 Å². The zero-order chi connectivity index (χ0) is 20.6. The lowest BCUT2D eigenvalue weighted by Crippen LogP contribution is -2.12. The number of nitro benzene ring substituents is 2. The summed E-state index contributed by atoms with van der Waals surface area (Å²) in [6, 6.07) is 2.24. The second kappa shape index (κ2) is 6.74. The SMILES string of the molecule is O=[N+]([O-])c1cc(Oc2ccc(C(F)(F)F)cc2C(F)(F)F)cc([N+](=O)[O-])c1. The predicted octanol–water partition coefficient (Wildman–Crippen LogP) is 5.33. The molecule has 0 aliphatic heterocycles. The lowest BCUT2D eigenvalue weighted by molar-refractivity contribution is -0.394. The van der Waals surface area contributed by atoms with E-state index in [1.54, 1.807) is 0 Å². The summed E-state index contributed by atoms with van der Waals surface area (Å²) < 4.78 is 81.9. The Morgan fingerprint density at radius 2 is 1.30 bits per heavy atom. The van der Waals surface area contributed by atoms with Gasteiger partial charge in [0.2, 0.25) is 0 Å². The highest BCUT2D eigenvalue weighted by Gasteiger charge is 2.39. The van der Waals surface area contributed by atoms with E-state index < -0.39 is 56.2 Å². The molecular weight excluding hydrogens is 390 g/mol. The highest BCUT2D eigenvalue weighted by molar-refractivity contribution is 5.52. The summed E-state index contributed by atoms with van der Waals surface area (Å²) in [6.07, 6.45) is -10.3. The van der Waals surface area contributed by atoms with Gasteiger partial charge in [-0.2, -0.15) is 26.3 Å². The van der Waals surface area contributed by atoms with E-state index in [4.69, 9.17) is 4.74 Å². The molecule has 2 aromatic carbocycles. The van der Waals surface area contributed by atoms with Gasteiger partial charge in [0.1, 0.15) is 11.5 Å². The molecule has 2 rings (SSSR count). The van der Waals surface area contributed by atoms with Crippen molar-refractivity contribution >= 4 is 11.4 Å². The lowest BCUT2D eigenvalue weighted by Gasteiger charge is -2.16. The van der Waals surface area contributed by atoms with Gasteiger partial charge in [-0.3, -0.25) is 20.2 Å². The van der Waals surface area contributed by atoms with E-state index in [9.17, 15) is 46.6 Å². The van der Waals surface area contributed by atoms with Gasteiger partial charge in [0, 0.05) is 0 Å². The first kappa shape index (κ1) is 19.9. The molecule has 27 heavy (non-hydrogen) atoms. The minimum absolute atomic E-state index is 0.193. The molecule has 0 aliphatic carbocycles. The largest absolute Gasteiger partial charge is 0.456 e. The van der Waals surface area contributed by atoms with Crippen molar-refractivity contribution < 1.29 is 40.9 Å². The summed E-state index contributed by atoms with van der Waals surface area (Å²) in [4.78, 5) is 19.5. The van der Waals surface area contributed by atoms with E-state index in [0.717, 1.165) is 0 Å².